The zero-order valence-electron chi connectivity index (χ0n) is 10.2. The third-order valence-corrected chi connectivity index (χ3v) is 4.13. The van der Waals surface area contributed by atoms with Crippen LogP contribution in [0.25, 0.3) is 0 Å². The highest BCUT2D eigenvalue weighted by molar-refractivity contribution is 9.10. The molecular formula is C14H11BrClNO2. The lowest BCUT2D eigenvalue weighted by Crippen LogP contribution is -2.01. The standard InChI is InChI=1S/C14H11BrClNO2/c1-7-12(18)10-6-19-13(11(10)14(15)17-7)8-2-4-9(16)5-3-8/h2-5,13,18H,6H2,1H3. The van der Waals surface area contributed by atoms with E-state index < -0.39 is 0 Å². The Labute approximate surface area is 124 Å². The van der Waals surface area contributed by atoms with Crippen molar-refractivity contribution in [3.63, 3.8) is 0 Å². The molecule has 1 atom stereocenters. The number of hydrogen-bond donors (Lipinski definition) is 1. The Morgan fingerprint density at radius 1 is 1.37 bits per heavy atom. The lowest BCUT2D eigenvalue weighted by molar-refractivity contribution is 0.0929. The van der Waals surface area contributed by atoms with Gasteiger partial charge in [-0.25, -0.2) is 4.98 Å². The molecule has 0 spiro atoms. The summed E-state index contributed by atoms with van der Waals surface area (Å²) in [6.45, 7) is 2.16. The first-order valence-corrected chi connectivity index (χ1v) is 7.00. The van der Waals surface area contributed by atoms with Crippen LogP contribution in [0.15, 0.2) is 28.9 Å². The van der Waals surface area contributed by atoms with E-state index in [0.29, 0.717) is 17.3 Å². The fourth-order valence-corrected chi connectivity index (χ4v) is 3.13. The fourth-order valence-electron chi connectivity index (χ4n) is 2.29. The van der Waals surface area contributed by atoms with E-state index in [1.807, 2.05) is 24.3 Å². The second-order valence-corrected chi connectivity index (χ2v) is 5.66. The molecule has 3 rings (SSSR count). The van der Waals surface area contributed by atoms with Crippen LogP contribution in [0.4, 0.5) is 0 Å². The van der Waals surface area contributed by atoms with Crippen molar-refractivity contribution >= 4 is 27.5 Å². The molecule has 2 heterocycles. The summed E-state index contributed by atoms with van der Waals surface area (Å²) in [7, 11) is 0. The zero-order chi connectivity index (χ0) is 13.6. The molecule has 0 saturated heterocycles. The van der Waals surface area contributed by atoms with E-state index in [0.717, 1.165) is 21.3 Å². The van der Waals surface area contributed by atoms with Crippen LogP contribution >= 0.6 is 27.5 Å². The number of aromatic nitrogens is 1. The predicted molar refractivity (Wildman–Crippen MR) is 76.4 cm³/mol. The van der Waals surface area contributed by atoms with Crippen molar-refractivity contribution in [2.24, 2.45) is 0 Å². The Morgan fingerprint density at radius 3 is 2.74 bits per heavy atom. The van der Waals surface area contributed by atoms with Gasteiger partial charge in [-0.1, -0.05) is 23.7 Å². The zero-order valence-corrected chi connectivity index (χ0v) is 12.5. The Kier molecular flexibility index (Phi) is 3.25. The lowest BCUT2D eigenvalue weighted by atomic mass is 10.0. The number of rotatable bonds is 1. The normalized spacial score (nSPS) is 17.5. The van der Waals surface area contributed by atoms with Crippen molar-refractivity contribution < 1.29 is 9.84 Å². The van der Waals surface area contributed by atoms with Crippen LogP contribution in [0.1, 0.15) is 28.5 Å². The van der Waals surface area contributed by atoms with E-state index in [9.17, 15) is 5.11 Å². The second kappa shape index (κ2) is 4.78. The van der Waals surface area contributed by atoms with Gasteiger partial charge in [-0.05, 0) is 40.5 Å². The molecule has 0 radical (unpaired) electrons. The van der Waals surface area contributed by atoms with Crippen molar-refractivity contribution in [2.75, 3.05) is 0 Å². The highest BCUT2D eigenvalue weighted by atomic mass is 79.9. The van der Waals surface area contributed by atoms with E-state index in [1.165, 1.54) is 0 Å². The molecule has 0 saturated carbocycles. The van der Waals surface area contributed by atoms with Gasteiger partial charge in [0, 0.05) is 16.1 Å². The number of halogens is 2. The predicted octanol–water partition coefficient (Wildman–Crippen LogP) is 4.13. The number of hydrogen-bond acceptors (Lipinski definition) is 3. The molecule has 1 aromatic carbocycles. The maximum Gasteiger partial charge on any atom is 0.142 e. The molecule has 1 N–H and O–H groups in total. The molecule has 0 aliphatic carbocycles. The van der Waals surface area contributed by atoms with Gasteiger partial charge in [0.05, 0.1) is 12.3 Å². The van der Waals surface area contributed by atoms with Gasteiger partial charge >= 0.3 is 0 Å². The monoisotopic (exact) mass is 339 g/mol. The Bertz CT molecular complexity index is 643. The van der Waals surface area contributed by atoms with Crippen molar-refractivity contribution in [1.29, 1.82) is 0 Å². The molecule has 0 amide bonds. The number of aryl methyl sites for hydroxylation is 1. The summed E-state index contributed by atoms with van der Waals surface area (Å²) in [5, 5.41) is 10.8. The average molecular weight is 341 g/mol. The van der Waals surface area contributed by atoms with Gasteiger partial charge in [0.25, 0.3) is 0 Å². The fraction of sp³-hybridized carbons (Fsp3) is 0.214. The minimum Gasteiger partial charge on any atom is -0.506 e. The number of aromatic hydroxyl groups is 1. The summed E-state index contributed by atoms with van der Waals surface area (Å²) in [5.41, 5.74) is 3.30. The molecule has 19 heavy (non-hydrogen) atoms. The number of fused-ring (bicyclic) bond motifs is 1. The van der Waals surface area contributed by atoms with E-state index in [1.54, 1.807) is 6.92 Å². The van der Waals surface area contributed by atoms with E-state index in [4.69, 9.17) is 16.3 Å². The van der Waals surface area contributed by atoms with Crippen molar-refractivity contribution in [1.82, 2.24) is 4.98 Å². The number of nitrogens with zero attached hydrogens (tertiary/aromatic N) is 1. The summed E-state index contributed by atoms with van der Waals surface area (Å²) in [5.74, 6) is 0.217. The van der Waals surface area contributed by atoms with Crippen LogP contribution in [0, 0.1) is 6.92 Å². The lowest BCUT2D eigenvalue weighted by Gasteiger charge is -2.13. The van der Waals surface area contributed by atoms with Gasteiger partial charge < -0.3 is 9.84 Å². The topological polar surface area (TPSA) is 42.4 Å². The summed E-state index contributed by atoms with van der Waals surface area (Å²) in [4.78, 5) is 4.30. The maximum absolute atomic E-state index is 10.1. The Balaban J connectivity index is 2.12. The smallest absolute Gasteiger partial charge is 0.142 e. The summed E-state index contributed by atoms with van der Waals surface area (Å²) >= 11 is 9.35. The minimum absolute atomic E-state index is 0.217. The quantitative estimate of drug-likeness (QED) is 0.794. The highest BCUT2D eigenvalue weighted by Gasteiger charge is 2.31. The number of pyridine rings is 1. The third kappa shape index (κ3) is 2.14. The van der Waals surface area contributed by atoms with Gasteiger partial charge in [0.15, 0.2) is 0 Å². The summed E-state index contributed by atoms with van der Waals surface area (Å²) in [6.07, 6.45) is -0.222. The van der Waals surface area contributed by atoms with Crippen LogP contribution in [0.2, 0.25) is 5.02 Å². The first-order valence-electron chi connectivity index (χ1n) is 5.83. The van der Waals surface area contributed by atoms with E-state index >= 15 is 0 Å². The summed E-state index contributed by atoms with van der Waals surface area (Å²) in [6, 6.07) is 7.50. The van der Waals surface area contributed by atoms with Gasteiger partial charge in [-0.3, -0.25) is 0 Å². The van der Waals surface area contributed by atoms with Crippen LogP contribution in [0.3, 0.4) is 0 Å². The number of benzene rings is 1. The largest absolute Gasteiger partial charge is 0.506 e. The summed E-state index contributed by atoms with van der Waals surface area (Å²) < 4.78 is 6.51. The van der Waals surface area contributed by atoms with Crippen LogP contribution in [-0.2, 0) is 11.3 Å². The van der Waals surface area contributed by atoms with Gasteiger partial charge in [-0.15, -0.1) is 0 Å². The van der Waals surface area contributed by atoms with Crippen molar-refractivity contribution in [2.45, 2.75) is 19.6 Å². The molecule has 1 aromatic heterocycles. The van der Waals surface area contributed by atoms with Crippen LogP contribution in [0.5, 0.6) is 5.75 Å². The first-order chi connectivity index (χ1) is 9.08. The minimum atomic E-state index is -0.222. The molecule has 2 aromatic rings. The molecule has 98 valence electrons. The Morgan fingerprint density at radius 2 is 2.05 bits per heavy atom. The Hall–Kier alpha value is -1.10. The molecule has 3 nitrogen and oxygen atoms in total. The second-order valence-electron chi connectivity index (χ2n) is 4.47. The molecule has 1 aliphatic heterocycles. The SMILES string of the molecule is Cc1nc(Br)c2c(c1O)COC2c1ccc(Cl)cc1. The third-order valence-electron chi connectivity index (χ3n) is 3.27. The molecule has 1 aliphatic rings. The average Bonchev–Trinajstić information content (AvgIpc) is 2.82. The van der Waals surface area contributed by atoms with Gasteiger partial charge in [-0.2, -0.15) is 0 Å². The molecular weight excluding hydrogens is 330 g/mol. The van der Waals surface area contributed by atoms with Crippen molar-refractivity contribution in [3.8, 4) is 5.75 Å². The molecule has 0 bridgehead atoms. The maximum atomic E-state index is 10.1. The number of ether oxygens (including phenoxy) is 1. The van der Waals surface area contributed by atoms with E-state index in [-0.39, 0.29) is 11.9 Å². The molecule has 0 fully saturated rings. The first kappa shape index (κ1) is 12.9. The van der Waals surface area contributed by atoms with Gasteiger partial charge in [0.1, 0.15) is 16.5 Å². The molecule has 1 unspecified atom stereocenters. The van der Waals surface area contributed by atoms with Crippen LogP contribution in [-0.4, -0.2) is 10.1 Å². The van der Waals surface area contributed by atoms with E-state index in [2.05, 4.69) is 20.9 Å². The van der Waals surface area contributed by atoms with Gasteiger partial charge in [0.2, 0.25) is 0 Å². The van der Waals surface area contributed by atoms with Crippen LogP contribution < -0.4 is 0 Å². The van der Waals surface area contributed by atoms with Crippen molar-refractivity contribution in [3.05, 3.63) is 56.3 Å². The highest BCUT2D eigenvalue weighted by Crippen LogP contribution is 2.43. The molecule has 5 heteroatoms.